The number of imide groups is 1. The fraction of sp³-hybridized carbons (Fsp3) is 0.306. The number of methoxy groups -OCH3 is 2. The molecule has 0 radical (unpaired) electrons. The average Bonchev–Trinajstić information content (AvgIpc) is 3.57. The number of hydrogen-bond acceptors (Lipinski definition) is 10. The van der Waals surface area contributed by atoms with Crippen molar-refractivity contribution in [3.05, 3.63) is 121 Å². The number of rotatable bonds is 14. The van der Waals surface area contributed by atoms with Gasteiger partial charge in [0.15, 0.2) is 0 Å². The molecular formula is C49H56N4O8. The summed E-state index contributed by atoms with van der Waals surface area (Å²) in [6, 6.07) is 31.5. The van der Waals surface area contributed by atoms with Gasteiger partial charge in [-0.25, -0.2) is 0 Å². The zero-order chi connectivity index (χ0) is 44.1. The molecule has 7 rings (SSSR count). The predicted octanol–water partition coefficient (Wildman–Crippen LogP) is 9.41. The summed E-state index contributed by atoms with van der Waals surface area (Å²) in [7, 11) is 3.27. The summed E-state index contributed by atoms with van der Waals surface area (Å²) in [5, 5.41) is 19.6. The van der Waals surface area contributed by atoms with Crippen LogP contribution in [0.3, 0.4) is 0 Å². The molecule has 0 saturated carbocycles. The maximum atomic E-state index is 12.5. The fourth-order valence-corrected chi connectivity index (χ4v) is 6.64. The van der Waals surface area contributed by atoms with E-state index >= 15 is 0 Å². The van der Waals surface area contributed by atoms with Gasteiger partial charge in [-0.1, -0.05) is 93.8 Å². The van der Waals surface area contributed by atoms with Crippen molar-refractivity contribution in [2.24, 2.45) is 5.73 Å². The molecule has 0 atom stereocenters. The first kappa shape index (κ1) is 47.2. The van der Waals surface area contributed by atoms with Gasteiger partial charge >= 0.3 is 5.97 Å². The maximum Gasteiger partial charge on any atom is 0.307 e. The maximum absolute atomic E-state index is 12.5. The van der Waals surface area contributed by atoms with Gasteiger partial charge in [0, 0.05) is 48.8 Å². The lowest BCUT2D eigenvalue weighted by atomic mass is 9.93. The van der Waals surface area contributed by atoms with Crippen molar-refractivity contribution in [1.82, 2.24) is 15.0 Å². The van der Waals surface area contributed by atoms with Crippen LogP contribution in [0.1, 0.15) is 76.3 Å². The molecule has 0 spiro atoms. The molecule has 2 aromatic heterocycles. The van der Waals surface area contributed by atoms with Gasteiger partial charge < -0.3 is 20.3 Å². The zero-order valence-electron chi connectivity index (χ0n) is 35.4. The number of aliphatic carboxylic acids is 1. The van der Waals surface area contributed by atoms with Gasteiger partial charge in [-0.3, -0.25) is 34.4 Å². The van der Waals surface area contributed by atoms with E-state index in [1.165, 1.54) is 12.8 Å². The van der Waals surface area contributed by atoms with Crippen LogP contribution in [0.15, 0.2) is 109 Å². The number of nitrogens with zero attached hydrogens (tertiary/aromatic N) is 3. The van der Waals surface area contributed by atoms with Crippen LogP contribution < -0.4 is 15.2 Å². The monoisotopic (exact) mass is 828 g/mol. The van der Waals surface area contributed by atoms with Gasteiger partial charge in [0.1, 0.15) is 17.3 Å². The van der Waals surface area contributed by atoms with Gasteiger partial charge in [-0.2, -0.15) is 5.06 Å². The highest BCUT2D eigenvalue weighted by atomic mass is 16.5. The molecule has 1 saturated heterocycles. The molecule has 320 valence electrons. The summed E-state index contributed by atoms with van der Waals surface area (Å²) in [6.07, 6.45) is 10.4. The molecule has 3 heterocycles. The van der Waals surface area contributed by atoms with E-state index in [1.54, 1.807) is 20.4 Å². The Kier molecular flexibility index (Phi) is 19.0. The van der Waals surface area contributed by atoms with E-state index in [-0.39, 0.29) is 30.1 Å². The molecule has 1 aliphatic rings. The summed E-state index contributed by atoms with van der Waals surface area (Å²) in [6.45, 7) is 5.13. The molecule has 1 aliphatic heterocycles. The van der Waals surface area contributed by atoms with E-state index in [1.807, 2.05) is 91.1 Å². The van der Waals surface area contributed by atoms with Crippen LogP contribution in [-0.2, 0) is 32.0 Å². The summed E-state index contributed by atoms with van der Waals surface area (Å²) < 4.78 is 10.7. The van der Waals surface area contributed by atoms with Crippen molar-refractivity contribution in [2.45, 2.75) is 78.1 Å². The second-order valence-electron chi connectivity index (χ2n) is 14.3. The number of Topliss-reactive ketones (excluding diaryl/α,β-unsaturated/α-hetero) is 1. The number of carbonyl (C=O) groups excluding carboxylic acids is 3. The highest BCUT2D eigenvalue weighted by Gasteiger charge is 2.27. The van der Waals surface area contributed by atoms with Crippen LogP contribution in [0.25, 0.3) is 44.1 Å². The molecule has 4 N–H and O–H groups in total. The Morgan fingerprint density at radius 1 is 0.672 bits per heavy atom. The molecule has 12 nitrogen and oxygen atoms in total. The van der Waals surface area contributed by atoms with E-state index in [4.69, 9.17) is 25.5 Å². The number of ketones is 1. The van der Waals surface area contributed by atoms with Crippen LogP contribution >= 0.6 is 0 Å². The molecular weight excluding hydrogens is 773 g/mol. The quantitative estimate of drug-likeness (QED) is 0.0540. The van der Waals surface area contributed by atoms with Crippen molar-refractivity contribution in [1.29, 1.82) is 0 Å². The molecule has 61 heavy (non-hydrogen) atoms. The number of nitrogens with two attached hydrogens (primary N) is 1. The Bertz CT molecular complexity index is 2350. The van der Waals surface area contributed by atoms with Crippen LogP contribution in [0.2, 0.25) is 0 Å². The highest BCUT2D eigenvalue weighted by molar-refractivity contribution is 6.01. The number of benzene rings is 4. The molecule has 6 aromatic rings. The number of carboxylic acid groups (broad SMARTS) is 1. The SMILES string of the molecule is CCCCCC(=O)Cc1cnc2ccc(OC)cc2c1-c1ccccc1.CCCCN.COc1ccc2ncc(CC(=O)O)c(-c3ccccc3)c2c1.O=C1CCC(=O)N1O. The zero-order valence-corrected chi connectivity index (χ0v) is 35.4. The number of carbonyl (C=O) groups is 4. The lowest BCUT2D eigenvalue weighted by Crippen LogP contribution is -2.24. The first-order valence-electron chi connectivity index (χ1n) is 20.5. The summed E-state index contributed by atoms with van der Waals surface area (Å²) in [5.41, 5.74) is 12.6. The summed E-state index contributed by atoms with van der Waals surface area (Å²) >= 11 is 0. The minimum absolute atomic E-state index is 0.0651. The third kappa shape index (κ3) is 13.8. The Hall–Kier alpha value is -6.50. The largest absolute Gasteiger partial charge is 0.497 e. The van der Waals surface area contributed by atoms with Crippen LogP contribution in [0, 0.1) is 0 Å². The Morgan fingerprint density at radius 2 is 1.13 bits per heavy atom. The van der Waals surface area contributed by atoms with Crippen LogP contribution in [-0.4, -0.2) is 69.7 Å². The minimum Gasteiger partial charge on any atom is -0.497 e. The second kappa shape index (κ2) is 24.6. The van der Waals surface area contributed by atoms with Gasteiger partial charge in [0.05, 0.1) is 31.7 Å². The number of fused-ring (bicyclic) bond motifs is 2. The standard InChI is InChI=1S/C23H25NO2.C18H15NO3.C4H5NO3.C4H11N/c1-3-4-6-11-19(25)14-18-16-24-22-13-12-20(26-2)15-21(22)23(18)17-9-7-5-8-10-17;1-22-14-7-8-16-15(10-14)18(12-5-3-2-4-6-12)13(11-19-16)9-17(20)21;6-3-1-2-4(7)5(3)8;1-2-3-4-5/h5,7-10,12-13,15-16H,3-4,6,11,14H2,1-2H3;2-8,10-11H,9H2,1H3,(H,20,21);8H,1-2H2;2-5H2,1H3. The Morgan fingerprint density at radius 3 is 1.49 bits per heavy atom. The van der Waals surface area contributed by atoms with Gasteiger partial charge in [0.2, 0.25) is 0 Å². The number of pyridine rings is 2. The lowest BCUT2D eigenvalue weighted by Gasteiger charge is -2.14. The first-order chi connectivity index (χ1) is 29.5. The van der Waals surface area contributed by atoms with Crippen LogP contribution in [0.5, 0.6) is 11.5 Å². The second-order valence-corrected chi connectivity index (χ2v) is 14.3. The fourth-order valence-electron chi connectivity index (χ4n) is 6.64. The first-order valence-corrected chi connectivity index (χ1v) is 20.5. The third-order valence-electron chi connectivity index (χ3n) is 9.80. The van der Waals surface area contributed by atoms with Crippen LogP contribution in [0.4, 0.5) is 0 Å². The molecule has 12 heteroatoms. The van der Waals surface area contributed by atoms with Crippen molar-refractivity contribution >= 4 is 45.4 Å². The molecule has 2 amide bonds. The third-order valence-corrected chi connectivity index (χ3v) is 9.80. The van der Waals surface area contributed by atoms with Gasteiger partial charge in [-0.15, -0.1) is 0 Å². The van der Waals surface area contributed by atoms with E-state index in [2.05, 4.69) is 35.9 Å². The van der Waals surface area contributed by atoms with Crippen molar-refractivity contribution in [2.75, 3.05) is 20.8 Å². The lowest BCUT2D eigenvalue weighted by molar-refractivity contribution is -0.171. The van der Waals surface area contributed by atoms with Gasteiger partial charge in [-0.05, 0) is 89.2 Å². The smallest absolute Gasteiger partial charge is 0.307 e. The number of aromatic nitrogens is 2. The Labute approximate surface area is 357 Å². The molecule has 0 unspecified atom stereocenters. The van der Waals surface area contributed by atoms with E-state index in [0.29, 0.717) is 18.4 Å². The highest BCUT2D eigenvalue weighted by Crippen LogP contribution is 2.35. The minimum atomic E-state index is -0.874. The molecule has 1 fully saturated rings. The van der Waals surface area contributed by atoms with Crippen molar-refractivity contribution < 1.29 is 39.0 Å². The summed E-state index contributed by atoms with van der Waals surface area (Å²) in [5.74, 6) is -0.0900. The molecule has 0 bridgehead atoms. The Balaban J connectivity index is 0.000000210. The average molecular weight is 829 g/mol. The predicted molar refractivity (Wildman–Crippen MR) is 238 cm³/mol. The van der Waals surface area contributed by atoms with E-state index in [9.17, 15) is 19.2 Å². The van der Waals surface area contributed by atoms with Crippen molar-refractivity contribution in [3.63, 3.8) is 0 Å². The van der Waals surface area contributed by atoms with Gasteiger partial charge in [0.25, 0.3) is 11.8 Å². The topological polar surface area (TPSA) is 182 Å². The van der Waals surface area contributed by atoms with Crippen molar-refractivity contribution in [3.8, 4) is 33.8 Å². The number of carboxylic acids is 1. The van der Waals surface area contributed by atoms with E-state index < -0.39 is 17.8 Å². The number of ether oxygens (including phenoxy) is 2. The van der Waals surface area contributed by atoms with E-state index in [0.717, 1.165) is 86.9 Å². The normalized spacial score (nSPS) is 11.8. The number of hydroxylamine groups is 2. The number of hydrogen-bond donors (Lipinski definition) is 3. The molecule has 0 aliphatic carbocycles. The molecule has 4 aromatic carbocycles. The number of unbranched alkanes of at least 4 members (excludes halogenated alkanes) is 3. The summed E-state index contributed by atoms with van der Waals surface area (Å²) in [4.78, 5) is 53.1. The number of amides is 2.